The van der Waals surface area contributed by atoms with Crippen LogP contribution in [0.5, 0.6) is 0 Å². The first kappa shape index (κ1) is 20.6. The first-order valence-electron chi connectivity index (χ1n) is 7.72. The van der Waals surface area contributed by atoms with Crippen LogP contribution in [-0.4, -0.2) is 41.6 Å². The van der Waals surface area contributed by atoms with E-state index in [9.17, 15) is 0 Å². The Hall–Kier alpha value is 0.629. The molecule has 2 fully saturated rings. The van der Waals surface area contributed by atoms with Crippen molar-refractivity contribution in [2.24, 2.45) is 0 Å². The Kier molecular flexibility index (Phi) is 11.6. The average molecular weight is 336 g/mol. The summed E-state index contributed by atoms with van der Waals surface area (Å²) in [7, 11) is 0.529. The molecule has 1 heterocycles. The number of nitrogens with zero attached hydrogens (tertiary/aromatic N) is 2. The van der Waals surface area contributed by atoms with Gasteiger partial charge in [0.1, 0.15) is 0 Å². The van der Waals surface area contributed by atoms with E-state index in [1.165, 1.54) is 32.1 Å². The van der Waals surface area contributed by atoms with Gasteiger partial charge in [0.05, 0.1) is 0 Å². The fourth-order valence-corrected chi connectivity index (χ4v) is 6.18. The smallest absolute Gasteiger partial charge is 0.668 e. The maximum atomic E-state index is 4.94. The standard InChI is InChI=1S/C11H23N2Si.C4H8O.Cr/c1-10-6-5-7-11(10)14(3,4)13-9-8-12-2;1-2-4-5-3-1;/h11H,5-9H2,1-4H3;1-4H2;/q-3;;+3. The van der Waals surface area contributed by atoms with Crippen molar-refractivity contribution in [3.8, 4) is 0 Å². The van der Waals surface area contributed by atoms with Crippen LogP contribution in [0.15, 0.2) is 0 Å². The molecule has 2 aliphatic rings. The molecule has 1 aliphatic carbocycles. The molecule has 1 aliphatic heterocycles. The summed E-state index contributed by atoms with van der Waals surface area (Å²) >= 11 is 0. The summed E-state index contributed by atoms with van der Waals surface area (Å²) in [5.41, 5.74) is 0.847. The minimum Gasteiger partial charge on any atom is -0.668 e. The summed E-state index contributed by atoms with van der Waals surface area (Å²) in [6.07, 6.45) is 6.67. The van der Waals surface area contributed by atoms with E-state index in [-0.39, 0.29) is 17.4 Å². The molecule has 1 saturated heterocycles. The molecule has 117 valence electrons. The molecule has 1 unspecified atom stereocenters. The van der Waals surface area contributed by atoms with E-state index in [1.807, 2.05) is 7.05 Å². The molecule has 3 nitrogen and oxygen atoms in total. The fraction of sp³-hybridized carbons (Fsp3) is 0.933. The zero-order valence-corrected chi connectivity index (χ0v) is 15.9. The summed E-state index contributed by atoms with van der Waals surface area (Å²) in [6.45, 7) is 11.0. The Labute approximate surface area is 137 Å². The van der Waals surface area contributed by atoms with Gasteiger partial charge in [-0.05, 0) is 12.8 Å². The number of rotatable bonds is 5. The largest absolute Gasteiger partial charge is 3.00 e. The van der Waals surface area contributed by atoms with E-state index in [2.05, 4.69) is 25.3 Å². The second-order valence-corrected chi connectivity index (χ2v) is 10.5. The van der Waals surface area contributed by atoms with Gasteiger partial charge in [-0.15, -0.1) is 0 Å². The summed E-state index contributed by atoms with van der Waals surface area (Å²) < 4.78 is 4.94. The summed E-state index contributed by atoms with van der Waals surface area (Å²) in [6, 6.07) is 0. The Bertz CT molecular complexity index is 230. The van der Waals surface area contributed by atoms with Crippen molar-refractivity contribution in [1.82, 2.24) is 0 Å². The fourth-order valence-electron chi connectivity index (χ4n) is 3.02. The van der Waals surface area contributed by atoms with Crippen molar-refractivity contribution in [1.29, 1.82) is 0 Å². The van der Waals surface area contributed by atoms with E-state index < -0.39 is 8.24 Å². The molecule has 1 saturated carbocycles. The Balaban J connectivity index is 0.000000507. The molecule has 0 aromatic carbocycles. The quantitative estimate of drug-likeness (QED) is 0.414. The van der Waals surface area contributed by atoms with Crippen molar-refractivity contribution in [2.75, 3.05) is 33.4 Å². The second-order valence-electron chi connectivity index (χ2n) is 6.19. The Morgan fingerprint density at radius 2 is 1.80 bits per heavy atom. The van der Waals surface area contributed by atoms with Crippen LogP contribution in [0.4, 0.5) is 0 Å². The monoisotopic (exact) mass is 335 g/mol. The van der Waals surface area contributed by atoms with E-state index in [0.29, 0.717) is 0 Å². The SMILES string of the molecule is C1CCOC1.C[N-]CC[N-][Si](C)(C)C1CCC[C-]1C.[Cr+3]. The maximum Gasteiger partial charge on any atom is 3.00 e. The van der Waals surface area contributed by atoms with Crippen LogP contribution in [-0.2, 0) is 22.1 Å². The molecule has 1 radical (unpaired) electrons. The van der Waals surface area contributed by atoms with Gasteiger partial charge in [0.25, 0.3) is 0 Å². The molecular formula is C15H31CrN2OSi. The van der Waals surface area contributed by atoms with Gasteiger partial charge in [-0.3, -0.25) is 0 Å². The maximum absolute atomic E-state index is 4.94. The van der Waals surface area contributed by atoms with Crippen LogP contribution >= 0.6 is 0 Å². The minimum absolute atomic E-state index is 0. The molecule has 1 atom stereocenters. The normalized spacial score (nSPS) is 23.1. The molecular weight excluding hydrogens is 304 g/mol. The predicted molar refractivity (Wildman–Crippen MR) is 86.4 cm³/mol. The van der Waals surface area contributed by atoms with E-state index >= 15 is 0 Å². The van der Waals surface area contributed by atoms with Crippen LogP contribution in [0.25, 0.3) is 10.3 Å². The van der Waals surface area contributed by atoms with E-state index in [1.54, 1.807) is 5.92 Å². The van der Waals surface area contributed by atoms with Crippen molar-refractivity contribution in [2.45, 2.75) is 57.7 Å². The van der Waals surface area contributed by atoms with Gasteiger partial charge >= 0.3 is 17.4 Å². The van der Waals surface area contributed by atoms with Gasteiger partial charge in [-0.1, -0.05) is 34.2 Å². The van der Waals surface area contributed by atoms with Crippen molar-refractivity contribution in [3.05, 3.63) is 16.2 Å². The van der Waals surface area contributed by atoms with Crippen molar-refractivity contribution >= 4 is 8.24 Å². The molecule has 0 bridgehead atoms. The van der Waals surface area contributed by atoms with Gasteiger partial charge in [-0.25, -0.2) is 0 Å². The zero-order chi connectivity index (χ0) is 14.1. The van der Waals surface area contributed by atoms with Crippen molar-refractivity contribution < 1.29 is 22.1 Å². The third-order valence-electron chi connectivity index (χ3n) is 4.18. The number of likely N-dealkylation sites (N-methyl/N-ethyl adjacent to an activating group) is 1. The van der Waals surface area contributed by atoms with Gasteiger partial charge < -0.3 is 21.0 Å². The van der Waals surface area contributed by atoms with Crippen LogP contribution in [0.2, 0.25) is 18.6 Å². The van der Waals surface area contributed by atoms with Crippen LogP contribution in [0.1, 0.15) is 39.0 Å². The van der Waals surface area contributed by atoms with Gasteiger partial charge in [0.2, 0.25) is 0 Å². The van der Waals surface area contributed by atoms with Gasteiger partial charge in [0.15, 0.2) is 0 Å². The molecule has 0 aromatic rings. The minimum atomic E-state index is -1.34. The van der Waals surface area contributed by atoms with Crippen LogP contribution < -0.4 is 0 Å². The molecule has 0 aromatic heterocycles. The molecule has 2 rings (SSSR count). The topological polar surface area (TPSA) is 37.4 Å². The van der Waals surface area contributed by atoms with Crippen LogP contribution in [0.3, 0.4) is 0 Å². The molecule has 0 amide bonds. The van der Waals surface area contributed by atoms with E-state index in [0.717, 1.165) is 31.8 Å². The molecule has 0 N–H and O–H groups in total. The summed E-state index contributed by atoms with van der Waals surface area (Å²) in [4.78, 5) is 4.90. The molecule has 20 heavy (non-hydrogen) atoms. The third-order valence-corrected chi connectivity index (χ3v) is 7.71. The molecule has 0 spiro atoms. The van der Waals surface area contributed by atoms with Crippen molar-refractivity contribution in [3.63, 3.8) is 0 Å². The summed E-state index contributed by atoms with van der Waals surface area (Å²) in [5, 5.41) is 4.11. The Morgan fingerprint density at radius 3 is 2.20 bits per heavy atom. The second kappa shape index (κ2) is 11.2. The first-order valence-corrected chi connectivity index (χ1v) is 10.7. The third kappa shape index (κ3) is 7.58. The Morgan fingerprint density at radius 1 is 1.15 bits per heavy atom. The summed E-state index contributed by atoms with van der Waals surface area (Å²) in [5.74, 6) is 1.71. The number of ether oxygens (including phenoxy) is 1. The van der Waals surface area contributed by atoms with Crippen LogP contribution in [0, 0.1) is 5.92 Å². The molecule has 5 heteroatoms. The predicted octanol–water partition coefficient (Wildman–Crippen LogP) is 4.51. The number of hydrogen-bond donors (Lipinski definition) is 0. The average Bonchev–Trinajstić information content (AvgIpc) is 3.02. The first-order chi connectivity index (χ1) is 9.08. The van der Waals surface area contributed by atoms with Gasteiger partial charge in [0, 0.05) is 13.2 Å². The van der Waals surface area contributed by atoms with Gasteiger partial charge in [-0.2, -0.15) is 39.0 Å². The zero-order valence-electron chi connectivity index (χ0n) is 13.7. The number of hydrogen-bond acceptors (Lipinski definition) is 1. The van der Waals surface area contributed by atoms with E-state index in [4.69, 9.17) is 9.72 Å².